The summed E-state index contributed by atoms with van der Waals surface area (Å²) in [5, 5.41) is 46.0. The van der Waals surface area contributed by atoms with Gasteiger partial charge in [-0.1, -0.05) is 6.07 Å². The van der Waals surface area contributed by atoms with E-state index in [4.69, 9.17) is 4.55 Å². The molecule has 13 heteroatoms. The Morgan fingerprint density at radius 2 is 1.35 bits per heavy atom. The Kier molecular flexibility index (Phi) is 5.99. The first kappa shape index (κ1) is 21.5. The minimum atomic E-state index is -4.34. The van der Waals surface area contributed by atoms with Gasteiger partial charge in [0.05, 0.1) is 21.2 Å². The number of nitro groups is 1. The lowest BCUT2D eigenvalue weighted by molar-refractivity contribution is -0.384. The summed E-state index contributed by atoms with van der Waals surface area (Å²) in [7, 11) is -4.34. The molecule has 3 rings (SSSR count). The number of nitro benzene ring substituents is 1. The highest BCUT2D eigenvalue weighted by Gasteiger charge is 2.11. The maximum atomic E-state index is 11.0. The van der Waals surface area contributed by atoms with Gasteiger partial charge in [0.1, 0.15) is 22.9 Å². The molecular weight excluding hydrogens is 430 g/mol. The Bertz CT molecular complexity index is 1310. The van der Waals surface area contributed by atoms with Gasteiger partial charge in [0.15, 0.2) is 0 Å². The van der Waals surface area contributed by atoms with Gasteiger partial charge in [-0.15, -0.1) is 10.2 Å². The number of benzene rings is 3. The number of non-ortho nitro benzene ring substituents is 1. The average molecular weight is 443 g/mol. The fraction of sp³-hybridized carbons (Fsp3) is 0. The highest BCUT2D eigenvalue weighted by atomic mass is 32.2. The zero-order valence-electron chi connectivity index (χ0n) is 15.4. The van der Waals surface area contributed by atoms with Crippen molar-refractivity contribution in [2.45, 2.75) is 4.90 Å². The van der Waals surface area contributed by atoms with E-state index in [-0.39, 0.29) is 33.3 Å². The Morgan fingerprint density at radius 1 is 0.774 bits per heavy atom. The smallest absolute Gasteiger partial charge is 0.294 e. The molecular formula is C18H13N5O7S. The Morgan fingerprint density at radius 3 is 1.90 bits per heavy atom. The first-order valence-corrected chi connectivity index (χ1v) is 9.79. The maximum Gasteiger partial charge on any atom is 0.294 e. The summed E-state index contributed by atoms with van der Waals surface area (Å²) in [5.41, 5.74) is 0.0499. The standard InChI is InChI=1S/C18H13N5O7S/c24-17-10-18(25)16(22-20-12-2-1-3-13(8-12)23(26)27)9-15(17)21-19-11-4-6-14(7-5-11)31(28,29)30/h1-10,24-25H,(H,28,29,30). The zero-order valence-corrected chi connectivity index (χ0v) is 16.2. The number of hydrogen-bond donors (Lipinski definition) is 3. The summed E-state index contributed by atoms with van der Waals surface area (Å²) < 4.78 is 31.1. The predicted octanol–water partition coefficient (Wildman–Crippen LogP) is 5.08. The molecule has 3 N–H and O–H groups in total. The van der Waals surface area contributed by atoms with E-state index in [0.717, 1.165) is 18.2 Å². The van der Waals surface area contributed by atoms with Crippen LogP contribution in [0.2, 0.25) is 0 Å². The first-order valence-electron chi connectivity index (χ1n) is 8.35. The molecule has 12 nitrogen and oxygen atoms in total. The lowest BCUT2D eigenvalue weighted by atomic mass is 10.2. The van der Waals surface area contributed by atoms with Gasteiger partial charge in [0, 0.05) is 24.3 Å². The van der Waals surface area contributed by atoms with E-state index in [0.29, 0.717) is 0 Å². The van der Waals surface area contributed by atoms with E-state index < -0.39 is 26.5 Å². The van der Waals surface area contributed by atoms with Gasteiger partial charge < -0.3 is 10.2 Å². The molecule has 0 fully saturated rings. The van der Waals surface area contributed by atoms with Crippen molar-refractivity contribution in [3.8, 4) is 11.5 Å². The first-order chi connectivity index (χ1) is 14.6. The number of rotatable bonds is 6. The van der Waals surface area contributed by atoms with Gasteiger partial charge in [-0.25, -0.2) is 0 Å². The van der Waals surface area contributed by atoms with Crippen molar-refractivity contribution in [2.24, 2.45) is 20.5 Å². The average Bonchev–Trinajstić information content (AvgIpc) is 2.72. The molecule has 3 aromatic rings. The Hall–Kier alpha value is -4.23. The molecule has 0 aliphatic rings. The van der Waals surface area contributed by atoms with Crippen molar-refractivity contribution < 1.29 is 28.1 Å². The van der Waals surface area contributed by atoms with Crippen LogP contribution in [0.4, 0.5) is 28.4 Å². The number of aromatic hydroxyl groups is 2. The van der Waals surface area contributed by atoms with Gasteiger partial charge in [-0.05, 0) is 30.3 Å². The Balaban J connectivity index is 1.86. The van der Waals surface area contributed by atoms with E-state index in [9.17, 15) is 28.7 Å². The topological polar surface area (TPSA) is 187 Å². The molecule has 158 valence electrons. The fourth-order valence-electron chi connectivity index (χ4n) is 2.29. The third kappa shape index (κ3) is 5.43. The summed E-state index contributed by atoms with van der Waals surface area (Å²) >= 11 is 0. The second-order valence-corrected chi connectivity index (χ2v) is 7.40. The van der Waals surface area contributed by atoms with Crippen LogP contribution < -0.4 is 0 Å². The predicted molar refractivity (Wildman–Crippen MR) is 107 cm³/mol. The monoisotopic (exact) mass is 443 g/mol. The molecule has 0 spiro atoms. The molecule has 0 saturated carbocycles. The molecule has 0 aliphatic carbocycles. The molecule has 31 heavy (non-hydrogen) atoms. The summed E-state index contributed by atoms with van der Waals surface area (Å²) in [6, 6.07) is 12.4. The van der Waals surface area contributed by atoms with Gasteiger partial charge in [-0.2, -0.15) is 18.6 Å². The quantitative estimate of drug-likeness (QED) is 0.205. The summed E-state index contributed by atoms with van der Waals surface area (Å²) in [5.74, 6) is -0.826. The van der Waals surface area contributed by atoms with Crippen molar-refractivity contribution in [1.29, 1.82) is 0 Å². The fourth-order valence-corrected chi connectivity index (χ4v) is 2.77. The zero-order chi connectivity index (χ0) is 22.6. The van der Waals surface area contributed by atoms with Crippen LogP contribution >= 0.6 is 0 Å². The van der Waals surface area contributed by atoms with Crippen LogP contribution in [0.3, 0.4) is 0 Å². The van der Waals surface area contributed by atoms with Gasteiger partial charge in [0.2, 0.25) is 0 Å². The largest absolute Gasteiger partial charge is 0.505 e. The van der Waals surface area contributed by atoms with Crippen LogP contribution in [0.1, 0.15) is 0 Å². The molecule has 0 aromatic heterocycles. The molecule has 0 unspecified atom stereocenters. The van der Waals surface area contributed by atoms with Gasteiger partial charge in [0.25, 0.3) is 15.8 Å². The molecule has 0 saturated heterocycles. The molecule has 3 aromatic carbocycles. The minimum absolute atomic E-state index is 0.0790. The molecule has 0 heterocycles. The number of azo groups is 2. The highest BCUT2D eigenvalue weighted by Crippen LogP contribution is 2.39. The third-order valence-electron chi connectivity index (χ3n) is 3.79. The summed E-state index contributed by atoms with van der Waals surface area (Å²) in [6.45, 7) is 0. The molecule has 0 amide bonds. The molecule has 0 atom stereocenters. The lowest BCUT2D eigenvalue weighted by Gasteiger charge is -2.03. The second kappa shape index (κ2) is 8.64. The Labute approximate surface area is 174 Å². The SMILES string of the molecule is O=[N+]([O-])c1cccc(N=Nc2cc(N=Nc3ccc(S(=O)(=O)O)cc3)c(O)cc2O)c1. The molecule has 0 bridgehead atoms. The van der Waals surface area contributed by atoms with Crippen molar-refractivity contribution >= 4 is 38.6 Å². The van der Waals surface area contributed by atoms with Crippen LogP contribution in [0.5, 0.6) is 11.5 Å². The number of nitrogens with zero attached hydrogens (tertiary/aromatic N) is 5. The van der Waals surface area contributed by atoms with Crippen LogP contribution in [0.15, 0.2) is 86.0 Å². The molecule has 0 radical (unpaired) electrons. The number of hydrogen-bond acceptors (Lipinski definition) is 10. The minimum Gasteiger partial charge on any atom is -0.505 e. The summed E-state index contributed by atoms with van der Waals surface area (Å²) in [4.78, 5) is 9.92. The van der Waals surface area contributed by atoms with E-state index in [1.54, 1.807) is 0 Å². The van der Waals surface area contributed by atoms with Gasteiger partial charge >= 0.3 is 0 Å². The number of phenols is 2. The molecule has 0 aliphatic heterocycles. The van der Waals surface area contributed by atoms with Crippen molar-refractivity contribution in [1.82, 2.24) is 0 Å². The normalized spacial score (nSPS) is 11.9. The maximum absolute atomic E-state index is 11.0. The third-order valence-corrected chi connectivity index (χ3v) is 4.66. The lowest BCUT2D eigenvalue weighted by Crippen LogP contribution is -1.96. The number of phenolic OH excluding ortho intramolecular Hbond substituents is 2. The second-order valence-electron chi connectivity index (χ2n) is 5.98. The van der Waals surface area contributed by atoms with Crippen LogP contribution in [0, 0.1) is 10.1 Å². The summed E-state index contributed by atoms with van der Waals surface area (Å²) in [6.07, 6.45) is 0. The van der Waals surface area contributed by atoms with E-state index >= 15 is 0 Å². The van der Waals surface area contributed by atoms with Gasteiger partial charge in [-0.3, -0.25) is 14.7 Å². The van der Waals surface area contributed by atoms with Crippen molar-refractivity contribution in [2.75, 3.05) is 0 Å². The van der Waals surface area contributed by atoms with Crippen molar-refractivity contribution in [3.63, 3.8) is 0 Å². The van der Waals surface area contributed by atoms with Crippen molar-refractivity contribution in [3.05, 3.63) is 70.8 Å². The van der Waals surface area contributed by atoms with E-state index in [1.165, 1.54) is 42.5 Å². The van der Waals surface area contributed by atoms with Crippen LogP contribution in [-0.2, 0) is 10.1 Å². The van der Waals surface area contributed by atoms with Crippen LogP contribution in [0.25, 0.3) is 0 Å². The van der Waals surface area contributed by atoms with E-state index in [1.807, 2.05) is 0 Å². The highest BCUT2D eigenvalue weighted by molar-refractivity contribution is 7.85. The van der Waals surface area contributed by atoms with Crippen LogP contribution in [-0.4, -0.2) is 28.1 Å². The van der Waals surface area contributed by atoms with E-state index in [2.05, 4.69) is 20.5 Å².